The molecular weight excluding hydrogens is 204 g/mol. The van der Waals surface area contributed by atoms with Gasteiger partial charge < -0.3 is 14.8 Å². The van der Waals surface area contributed by atoms with E-state index in [0.29, 0.717) is 11.5 Å². The SMILES string of the molecule is Cc1nc(C)c(CNC2CC23CC(O)C3)o1. The highest BCUT2D eigenvalue weighted by Gasteiger charge is 2.61. The number of nitrogens with zero attached hydrogens (tertiary/aromatic N) is 1. The number of aryl methyl sites for hydroxylation is 2. The number of rotatable bonds is 3. The van der Waals surface area contributed by atoms with Gasteiger partial charge in [0.15, 0.2) is 5.89 Å². The Morgan fingerprint density at radius 3 is 2.75 bits per heavy atom. The third-order valence-electron chi connectivity index (χ3n) is 3.98. The number of aliphatic hydroxyl groups is 1. The van der Waals surface area contributed by atoms with Crippen molar-refractivity contribution in [2.75, 3.05) is 0 Å². The number of hydrogen-bond acceptors (Lipinski definition) is 4. The lowest BCUT2D eigenvalue weighted by molar-refractivity contribution is 0.0236. The molecule has 3 rings (SSSR count). The fourth-order valence-electron chi connectivity index (χ4n) is 2.92. The molecule has 0 radical (unpaired) electrons. The van der Waals surface area contributed by atoms with Crippen LogP contribution in [0.2, 0.25) is 0 Å². The second-order valence-corrected chi connectivity index (χ2v) is 5.30. The first kappa shape index (κ1) is 10.3. The molecule has 2 N–H and O–H groups in total. The highest BCUT2D eigenvalue weighted by Crippen LogP contribution is 2.60. The first-order valence-electron chi connectivity index (χ1n) is 5.93. The van der Waals surface area contributed by atoms with Crippen molar-refractivity contribution in [3.63, 3.8) is 0 Å². The second-order valence-electron chi connectivity index (χ2n) is 5.30. The van der Waals surface area contributed by atoms with E-state index in [1.54, 1.807) is 0 Å². The summed E-state index contributed by atoms with van der Waals surface area (Å²) >= 11 is 0. The van der Waals surface area contributed by atoms with Crippen LogP contribution in [0.25, 0.3) is 0 Å². The Kier molecular flexibility index (Phi) is 2.13. The molecule has 1 spiro atoms. The Morgan fingerprint density at radius 2 is 2.19 bits per heavy atom. The molecule has 4 nitrogen and oxygen atoms in total. The van der Waals surface area contributed by atoms with Crippen LogP contribution in [-0.4, -0.2) is 22.2 Å². The van der Waals surface area contributed by atoms with E-state index in [1.807, 2.05) is 13.8 Å². The number of nitrogens with one attached hydrogen (secondary N) is 1. The van der Waals surface area contributed by atoms with Gasteiger partial charge in [0, 0.05) is 13.0 Å². The molecule has 0 saturated heterocycles. The summed E-state index contributed by atoms with van der Waals surface area (Å²) in [6.45, 7) is 4.61. The van der Waals surface area contributed by atoms with Gasteiger partial charge in [-0.05, 0) is 31.6 Å². The Morgan fingerprint density at radius 1 is 1.44 bits per heavy atom. The Labute approximate surface area is 95.1 Å². The number of oxazole rings is 1. The molecule has 0 amide bonds. The Balaban J connectivity index is 1.53. The fraction of sp³-hybridized carbons (Fsp3) is 0.750. The van der Waals surface area contributed by atoms with Gasteiger partial charge in [0.25, 0.3) is 0 Å². The van der Waals surface area contributed by atoms with Crippen molar-refractivity contribution >= 4 is 0 Å². The summed E-state index contributed by atoms with van der Waals surface area (Å²) in [5.41, 5.74) is 1.40. The molecule has 2 aliphatic carbocycles. The van der Waals surface area contributed by atoms with E-state index in [9.17, 15) is 5.11 Å². The van der Waals surface area contributed by atoms with Crippen LogP contribution in [0.15, 0.2) is 4.42 Å². The fourth-order valence-corrected chi connectivity index (χ4v) is 2.92. The molecule has 4 heteroatoms. The summed E-state index contributed by atoms with van der Waals surface area (Å²) in [4.78, 5) is 4.25. The molecule has 0 bridgehead atoms. The van der Waals surface area contributed by atoms with Crippen LogP contribution in [0.3, 0.4) is 0 Å². The molecule has 0 aliphatic heterocycles. The van der Waals surface area contributed by atoms with Crippen molar-refractivity contribution in [1.29, 1.82) is 0 Å². The normalized spacial score (nSPS) is 36.4. The minimum absolute atomic E-state index is 0.0546. The zero-order valence-electron chi connectivity index (χ0n) is 9.79. The van der Waals surface area contributed by atoms with Gasteiger partial charge in [0.05, 0.1) is 18.3 Å². The van der Waals surface area contributed by atoms with Gasteiger partial charge in [0.2, 0.25) is 0 Å². The lowest BCUT2D eigenvalue weighted by Crippen LogP contribution is -2.36. The van der Waals surface area contributed by atoms with Crippen LogP contribution in [0, 0.1) is 19.3 Å². The standard InChI is InChI=1S/C12H18N2O2/c1-7-10(16-8(2)14-7)6-13-11-5-12(11)3-9(15)4-12/h9,11,13,15H,3-6H2,1-2H3. The molecule has 1 aromatic rings. The van der Waals surface area contributed by atoms with Crippen LogP contribution in [0.5, 0.6) is 0 Å². The van der Waals surface area contributed by atoms with Crippen LogP contribution >= 0.6 is 0 Å². The molecule has 2 aliphatic rings. The molecular formula is C12H18N2O2. The molecule has 1 aromatic heterocycles. The number of aromatic nitrogens is 1. The van der Waals surface area contributed by atoms with Gasteiger partial charge in [-0.1, -0.05) is 0 Å². The molecule has 2 fully saturated rings. The average Bonchev–Trinajstić information content (AvgIpc) is 2.76. The summed E-state index contributed by atoms with van der Waals surface area (Å²) in [5, 5.41) is 12.8. The van der Waals surface area contributed by atoms with Crippen molar-refractivity contribution in [2.45, 2.75) is 51.8 Å². The highest BCUT2D eigenvalue weighted by molar-refractivity contribution is 5.16. The zero-order chi connectivity index (χ0) is 11.3. The predicted octanol–water partition coefficient (Wildman–Crippen LogP) is 1.29. The van der Waals surface area contributed by atoms with Crippen molar-refractivity contribution in [1.82, 2.24) is 10.3 Å². The van der Waals surface area contributed by atoms with E-state index in [0.717, 1.165) is 36.7 Å². The van der Waals surface area contributed by atoms with Crippen LogP contribution in [0.1, 0.15) is 36.6 Å². The summed E-state index contributed by atoms with van der Waals surface area (Å²) in [7, 11) is 0. The predicted molar refractivity (Wildman–Crippen MR) is 58.9 cm³/mol. The largest absolute Gasteiger partial charge is 0.444 e. The average molecular weight is 222 g/mol. The minimum atomic E-state index is -0.0546. The second kappa shape index (κ2) is 3.31. The monoisotopic (exact) mass is 222 g/mol. The zero-order valence-corrected chi connectivity index (χ0v) is 9.79. The van der Waals surface area contributed by atoms with E-state index in [4.69, 9.17) is 4.42 Å². The summed E-state index contributed by atoms with van der Waals surface area (Å²) in [6.07, 6.45) is 3.09. The third-order valence-corrected chi connectivity index (χ3v) is 3.98. The molecule has 1 heterocycles. The topological polar surface area (TPSA) is 58.3 Å². The number of hydrogen-bond donors (Lipinski definition) is 2. The molecule has 0 aromatic carbocycles. The van der Waals surface area contributed by atoms with E-state index in [-0.39, 0.29) is 6.10 Å². The van der Waals surface area contributed by atoms with Crippen molar-refractivity contribution in [2.24, 2.45) is 5.41 Å². The van der Waals surface area contributed by atoms with Crippen LogP contribution < -0.4 is 5.32 Å². The van der Waals surface area contributed by atoms with Crippen molar-refractivity contribution in [3.05, 3.63) is 17.3 Å². The third kappa shape index (κ3) is 1.57. The van der Waals surface area contributed by atoms with Gasteiger partial charge in [-0.15, -0.1) is 0 Å². The van der Waals surface area contributed by atoms with Crippen molar-refractivity contribution in [3.8, 4) is 0 Å². The van der Waals surface area contributed by atoms with E-state index in [1.165, 1.54) is 6.42 Å². The number of aliphatic hydroxyl groups excluding tert-OH is 1. The van der Waals surface area contributed by atoms with Crippen LogP contribution in [0.4, 0.5) is 0 Å². The van der Waals surface area contributed by atoms with Crippen molar-refractivity contribution < 1.29 is 9.52 Å². The molecule has 2 saturated carbocycles. The molecule has 88 valence electrons. The minimum Gasteiger partial charge on any atom is -0.444 e. The molecule has 1 atom stereocenters. The van der Waals surface area contributed by atoms with Gasteiger partial charge in [-0.2, -0.15) is 0 Å². The van der Waals surface area contributed by atoms with Gasteiger partial charge in [-0.25, -0.2) is 4.98 Å². The Hall–Kier alpha value is -0.870. The quantitative estimate of drug-likeness (QED) is 0.809. The van der Waals surface area contributed by atoms with Crippen LogP contribution in [-0.2, 0) is 6.54 Å². The molecule has 1 unspecified atom stereocenters. The first-order valence-corrected chi connectivity index (χ1v) is 5.93. The van der Waals surface area contributed by atoms with E-state index >= 15 is 0 Å². The first-order chi connectivity index (χ1) is 7.59. The van der Waals surface area contributed by atoms with Gasteiger partial charge >= 0.3 is 0 Å². The maximum absolute atomic E-state index is 9.32. The summed E-state index contributed by atoms with van der Waals surface area (Å²) < 4.78 is 5.51. The van der Waals surface area contributed by atoms with E-state index < -0.39 is 0 Å². The lowest BCUT2D eigenvalue weighted by atomic mass is 9.78. The Bertz CT molecular complexity index is 407. The molecule has 16 heavy (non-hydrogen) atoms. The highest BCUT2D eigenvalue weighted by atomic mass is 16.4. The summed E-state index contributed by atoms with van der Waals surface area (Å²) in [5.74, 6) is 1.68. The maximum Gasteiger partial charge on any atom is 0.191 e. The lowest BCUT2D eigenvalue weighted by Gasteiger charge is -2.32. The van der Waals surface area contributed by atoms with E-state index in [2.05, 4.69) is 10.3 Å². The maximum atomic E-state index is 9.32. The summed E-state index contributed by atoms with van der Waals surface area (Å²) in [6, 6.07) is 0.570. The van der Waals surface area contributed by atoms with Gasteiger partial charge in [0.1, 0.15) is 5.76 Å². The van der Waals surface area contributed by atoms with Gasteiger partial charge in [-0.3, -0.25) is 0 Å². The smallest absolute Gasteiger partial charge is 0.191 e.